The van der Waals surface area contributed by atoms with Crippen molar-refractivity contribution in [2.45, 2.75) is 40.7 Å². The number of nitrogens with two attached hydrogens (primary N) is 1. The Morgan fingerprint density at radius 1 is 1.28 bits per heavy atom. The Kier molecular flexibility index (Phi) is 2.65. The molecule has 0 radical (unpaired) electrons. The monoisotopic (exact) mass is 247 g/mol. The van der Waals surface area contributed by atoms with Crippen molar-refractivity contribution in [1.82, 2.24) is 10.3 Å². The molecule has 0 atom stereocenters. The van der Waals surface area contributed by atoms with E-state index in [0.29, 0.717) is 11.4 Å². The first kappa shape index (κ1) is 12.9. The van der Waals surface area contributed by atoms with E-state index in [4.69, 9.17) is 5.73 Å². The third-order valence-corrected chi connectivity index (χ3v) is 4.53. The molecule has 3 N–H and O–H groups in total. The average Bonchev–Trinajstić information content (AvgIpc) is 2.59. The summed E-state index contributed by atoms with van der Waals surface area (Å²) in [5, 5.41) is 3.08. The number of nitrogens with zero attached hydrogens (tertiary/aromatic N) is 1. The van der Waals surface area contributed by atoms with Gasteiger partial charge in [0.25, 0.3) is 5.91 Å². The highest BCUT2D eigenvalue weighted by Crippen LogP contribution is 2.62. The normalized spacial score (nSPS) is 20.5. The number of hydrogen-bond donors (Lipinski definition) is 2. The molecule has 0 saturated heterocycles. The molecule has 2 rings (SSSR count). The van der Waals surface area contributed by atoms with Crippen molar-refractivity contribution in [1.29, 1.82) is 0 Å². The van der Waals surface area contributed by atoms with Crippen molar-refractivity contribution in [3.05, 3.63) is 23.4 Å². The predicted octanol–water partition coefficient (Wildman–Crippen LogP) is 2.14. The van der Waals surface area contributed by atoms with Crippen LogP contribution in [0.2, 0.25) is 0 Å². The van der Waals surface area contributed by atoms with Crippen LogP contribution in [0.25, 0.3) is 0 Å². The number of nitrogens with one attached hydrogen (secondary N) is 1. The van der Waals surface area contributed by atoms with E-state index in [9.17, 15) is 4.79 Å². The number of aryl methyl sites for hydroxylation is 1. The maximum absolute atomic E-state index is 12.2. The van der Waals surface area contributed by atoms with Crippen LogP contribution in [-0.4, -0.2) is 16.9 Å². The quantitative estimate of drug-likeness (QED) is 0.841. The fourth-order valence-corrected chi connectivity index (χ4v) is 2.60. The van der Waals surface area contributed by atoms with Crippen LogP contribution in [0.15, 0.2) is 12.1 Å². The van der Waals surface area contributed by atoms with E-state index < -0.39 is 0 Å². The van der Waals surface area contributed by atoms with Crippen molar-refractivity contribution < 1.29 is 4.79 Å². The molecule has 0 aliphatic heterocycles. The van der Waals surface area contributed by atoms with Gasteiger partial charge in [-0.2, -0.15) is 0 Å². The molecular weight excluding hydrogens is 226 g/mol. The SMILES string of the molecule is Cc1cc(C(=O)NC2C(C)(C)C2(C)C)cc(N)n1. The maximum atomic E-state index is 12.2. The average molecular weight is 247 g/mol. The molecule has 1 amide bonds. The zero-order valence-electron chi connectivity index (χ0n) is 11.7. The van der Waals surface area contributed by atoms with Gasteiger partial charge < -0.3 is 11.1 Å². The molecule has 18 heavy (non-hydrogen) atoms. The molecule has 0 spiro atoms. The van der Waals surface area contributed by atoms with Crippen LogP contribution in [0.3, 0.4) is 0 Å². The van der Waals surface area contributed by atoms with E-state index in [2.05, 4.69) is 38.0 Å². The van der Waals surface area contributed by atoms with Gasteiger partial charge in [0, 0.05) is 17.3 Å². The zero-order chi connectivity index (χ0) is 13.7. The van der Waals surface area contributed by atoms with Crippen LogP contribution in [-0.2, 0) is 0 Å². The molecule has 1 fully saturated rings. The number of aromatic nitrogens is 1. The Labute approximate surface area is 108 Å². The first-order chi connectivity index (χ1) is 8.16. The molecule has 0 unspecified atom stereocenters. The zero-order valence-corrected chi connectivity index (χ0v) is 11.7. The lowest BCUT2D eigenvalue weighted by Crippen LogP contribution is -2.30. The first-order valence-electron chi connectivity index (χ1n) is 6.21. The topological polar surface area (TPSA) is 68.0 Å². The lowest BCUT2D eigenvalue weighted by Gasteiger charge is -2.08. The van der Waals surface area contributed by atoms with E-state index in [0.717, 1.165) is 5.69 Å². The van der Waals surface area contributed by atoms with Gasteiger partial charge in [-0.3, -0.25) is 4.79 Å². The summed E-state index contributed by atoms with van der Waals surface area (Å²) >= 11 is 0. The highest BCUT2D eigenvalue weighted by Gasteiger charge is 2.65. The summed E-state index contributed by atoms with van der Waals surface area (Å²) in [6, 6.07) is 3.57. The number of rotatable bonds is 2. The second-order valence-electron chi connectivity index (χ2n) is 6.27. The second kappa shape index (κ2) is 3.70. The molecule has 98 valence electrons. The van der Waals surface area contributed by atoms with Gasteiger partial charge in [0.2, 0.25) is 0 Å². The van der Waals surface area contributed by atoms with Crippen LogP contribution in [0, 0.1) is 17.8 Å². The van der Waals surface area contributed by atoms with Gasteiger partial charge in [0.05, 0.1) is 0 Å². The van der Waals surface area contributed by atoms with Crippen molar-refractivity contribution in [2.75, 3.05) is 5.73 Å². The largest absolute Gasteiger partial charge is 0.384 e. The maximum Gasteiger partial charge on any atom is 0.251 e. The van der Waals surface area contributed by atoms with E-state index >= 15 is 0 Å². The minimum atomic E-state index is -0.0733. The summed E-state index contributed by atoms with van der Waals surface area (Å²) in [5.74, 6) is 0.310. The molecular formula is C14H21N3O. The number of pyridine rings is 1. The fourth-order valence-electron chi connectivity index (χ4n) is 2.60. The van der Waals surface area contributed by atoms with Crippen LogP contribution < -0.4 is 11.1 Å². The van der Waals surface area contributed by atoms with Crippen molar-refractivity contribution in [3.63, 3.8) is 0 Å². The van der Waals surface area contributed by atoms with Gasteiger partial charge in [-0.25, -0.2) is 4.98 Å². The summed E-state index contributed by atoms with van der Waals surface area (Å²) in [7, 11) is 0. The van der Waals surface area contributed by atoms with Crippen molar-refractivity contribution in [2.24, 2.45) is 10.8 Å². The Hall–Kier alpha value is -1.58. The summed E-state index contributed by atoms with van der Waals surface area (Å²) in [5.41, 5.74) is 7.27. The molecule has 1 aliphatic rings. The van der Waals surface area contributed by atoms with E-state index in [-0.39, 0.29) is 22.8 Å². The van der Waals surface area contributed by atoms with E-state index in [1.165, 1.54) is 0 Å². The van der Waals surface area contributed by atoms with Gasteiger partial charge in [-0.05, 0) is 29.9 Å². The molecule has 1 heterocycles. The first-order valence-corrected chi connectivity index (χ1v) is 6.21. The number of anilines is 1. The summed E-state index contributed by atoms with van der Waals surface area (Å²) in [6.45, 7) is 10.5. The van der Waals surface area contributed by atoms with Crippen LogP contribution in [0.1, 0.15) is 43.7 Å². The predicted molar refractivity (Wildman–Crippen MR) is 72.2 cm³/mol. The molecule has 0 bridgehead atoms. The third-order valence-electron chi connectivity index (χ3n) is 4.53. The smallest absolute Gasteiger partial charge is 0.251 e. The van der Waals surface area contributed by atoms with Gasteiger partial charge >= 0.3 is 0 Å². The van der Waals surface area contributed by atoms with Crippen molar-refractivity contribution >= 4 is 11.7 Å². The lowest BCUT2D eigenvalue weighted by atomic mass is 10.0. The van der Waals surface area contributed by atoms with Crippen molar-refractivity contribution in [3.8, 4) is 0 Å². The van der Waals surface area contributed by atoms with Crippen LogP contribution >= 0.6 is 0 Å². The number of nitrogen functional groups attached to an aromatic ring is 1. The number of carbonyl (C=O) groups is 1. The molecule has 0 aromatic carbocycles. The molecule has 1 saturated carbocycles. The number of amides is 1. The number of hydrogen-bond acceptors (Lipinski definition) is 3. The Morgan fingerprint density at radius 3 is 2.28 bits per heavy atom. The van der Waals surface area contributed by atoms with Crippen LogP contribution in [0.5, 0.6) is 0 Å². The van der Waals surface area contributed by atoms with Gasteiger partial charge in [0.1, 0.15) is 5.82 Å². The second-order valence-corrected chi connectivity index (χ2v) is 6.27. The van der Waals surface area contributed by atoms with Gasteiger partial charge in [0.15, 0.2) is 0 Å². The molecule has 4 heteroatoms. The molecule has 1 aliphatic carbocycles. The Balaban J connectivity index is 2.15. The summed E-state index contributed by atoms with van der Waals surface area (Å²) in [6.07, 6.45) is 0. The van der Waals surface area contributed by atoms with Gasteiger partial charge in [-0.1, -0.05) is 27.7 Å². The standard InChI is InChI=1S/C14H21N3O/c1-8-6-9(7-10(15)16-8)11(18)17-12-13(2,3)14(12,4)5/h6-7,12H,1-5H3,(H2,15,16)(H,17,18). The Bertz CT molecular complexity index is 472. The van der Waals surface area contributed by atoms with Gasteiger partial charge in [-0.15, -0.1) is 0 Å². The molecule has 1 aromatic rings. The van der Waals surface area contributed by atoms with E-state index in [1.54, 1.807) is 12.1 Å². The Morgan fingerprint density at radius 2 is 1.83 bits per heavy atom. The minimum absolute atomic E-state index is 0.0733. The summed E-state index contributed by atoms with van der Waals surface area (Å²) < 4.78 is 0. The molecule has 4 nitrogen and oxygen atoms in total. The molecule has 1 aromatic heterocycles. The summed E-state index contributed by atoms with van der Waals surface area (Å²) in [4.78, 5) is 16.2. The third kappa shape index (κ3) is 1.85. The lowest BCUT2D eigenvalue weighted by molar-refractivity contribution is 0.0943. The van der Waals surface area contributed by atoms with E-state index in [1.807, 2.05) is 6.92 Å². The minimum Gasteiger partial charge on any atom is -0.384 e. The number of carbonyl (C=O) groups excluding carboxylic acids is 1. The van der Waals surface area contributed by atoms with Crippen LogP contribution in [0.4, 0.5) is 5.82 Å². The fraction of sp³-hybridized carbons (Fsp3) is 0.571. The highest BCUT2D eigenvalue weighted by molar-refractivity contribution is 5.95. The highest BCUT2D eigenvalue weighted by atomic mass is 16.1.